The van der Waals surface area contributed by atoms with Gasteiger partial charge in [0.1, 0.15) is 5.82 Å². The van der Waals surface area contributed by atoms with E-state index in [-0.39, 0.29) is 5.82 Å². The van der Waals surface area contributed by atoms with Crippen molar-refractivity contribution < 1.29 is 9.13 Å². The van der Waals surface area contributed by atoms with E-state index in [0.717, 1.165) is 5.56 Å². The molecule has 0 spiro atoms. The van der Waals surface area contributed by atoms with Crippen LogP contribution in [0, 0.1) is 5.82 Å². The maximum absolute atomic E-state index is 12.9. The molecule has 1 aromatic rings. The summed E-state index contributed by atoms with van der Waals surface area (Å²) in [5, 5.41) is 0. The molecular weight excluding hydrogens is 235 g/mol. The SMILES string of the molecule is COCC(C)c1ccc(F)c(Br)c1. The van der Waals surface area contributed by atoms with Gasteiger partial charge in [0.2, 0.25) is 0 Å². The molecule has 0 aliphatic heterocycles. The van der Waals surface area contributed by atoms with E-state index in [1.807, 2.05) is 6.92 Å². The van der Waals surface area contributed by atoms with Crippen molar-refractivity contribution in [3.8, 4) is 0 Å². The molecule has 3 heteroatoms. The van der Waals surface area contributed by atoms with Crippen LogP contribution in [-0.2, 0) is 4.74 Å². The van der Waals surface area contributed by atoms with Crippen LogP contribution in [-0.4, -0.2) is 13.7 Å². The second-order valence-electron chi connectivity index (χ2n) is 3.03. The number of benzene rings is 1. The maximum atomic E-state index is 12.9. The quantitative estimate of drug-likeness (QED) is 0.795. The smallest absolute Gasteiger partial charge is 0.137 e. The Balaban J connectivity index is 2.84. The predicted octanol–water partition coefficient (Wildman–Crippen LogP) is 3.34. The third-order valence-electron chi connectivity index (χ3n) is 1.93. The fraction of sp³-hybridized carbons (Fsp3) is 0.400. The van der Waals surface area contributed by atoms with Crippen LogP contribution in [0.2, 0.25) is 0 Å². The third kappa shape index (κ3) is 2.78. The van der Waals surface area contributed by atoms with Gasteiger partial charge in [-0.15, -0.1) is 0 Å². The van der Waals surface area contributed by atoms with E-state index in [1.165, 1.54) is 6.07 Å². The first-order chi connectivity index (χ1) is 6.15. The van der Waals surface area contributed by atoms with Crippen molar-refractivity contribution in [1.82, 2.24) is 0 Å². The van der Waals surface area contributed by atoms with Gasteiger partial charge in [-0.3, -0.25) is 0 Å². The van der Waals surface area contributed by atoms with Gasteiger partial charge in [0.15, 0.2) is 0 Å². The molecule has 0 N–H and O–H groups in total. The van der Waals surface area contributed by atoms with E-state index < -0.39 is 0 Å². The highest BCUT2D eigenvalue weighted by Gasteiger charge is 2.07. The highest BCUT2D eigenvalue weighted by Crippen LogP contribution is 2.22. The molecule has 0 bridgehead atoms. The Labute approximate surface area is 86.0 Å². The van der Waals surface area contributed by atoms with E-state index in [4.69, 9.17) is 4.74 Å². The van der Waals surface area contributed by atoms with Crippen molar-refractivity contribution in [2.24, 2.45) is 0 Å². The number of ether oxygens (including phenoxy) is 1. The highest BCUT2D eigenvalue weighted by atomic mass is 79.9. The van der Waals surface area contributed by atoms with Gasteiger partial charge in [-0.05, 0) is 33.6 Å². The van der Waals surface area contributed by atoms with Crippen LogP contribution in [0.1, 0.15) is 18.4 Å². The number of rotatable bonds is 3. The van der Waals surface area contributed by atoms with Crippen LogP contribution in [0.25, 0.3) is 0 Å². The molecule has 1 atom stereocenters. The zero-order valence-electron chi connectivity index (χ0n) is 7.68. The van der Waals surface area contributed by atoms with Gasteiger partial charge in [0.05, 0.1) is 11.1 Å². The number of halogens is 2. The normalized spacial score (nSPS) is 12.9. The second-order valence-corrected chi connectivity index (χ2v) is 3.88. The molecule has 0 aliphatic rings. The van der Waals surface area contributed by atoms with Crippen molar-refractivity contribution in [2.45, 2.75) is 12.8 Å². The zero-order valence-corrected chi connectivity index (χ0v) is 9.27. The third-order valence-corrected chi connectivity index (χ3v) is 2.54. The maximum Gasteiger partial charge on any atom is 0.137 e. The first kappa shape index (κ1) is 10.7. The molecule has 1 unspecified atom stereocenters. The second kappa shape index (κ2) is 4.72. The molecule has 0 aromatic heterocycles. The summed E-state index contributed by atoms with van der Waals surface area (Å²) in [5.74, 6) is 0.0651. The molecule has 13 heavy (non-hydrogen) atoms. The molecule has 1 aromatic carbocycles. The van der Waals surface area contributed by atoms with Gasteiger partial charge in [-0.2, -0.15) is 0 Å². The summed E-state index contributed by atoms with van der Waals surface area (Å²) >= 11 is 3.15. The average molecular weight is 247 g/mol. The summed E-state index contributed by atoms with van der Waals surface area (Å²) in [6.45, 7) is 2.70. The Morgan fingerprint density at radius 3 is 2.77 bits per heavy atom. The average Bonchev–Trinajstić information content (AvgIpc) is 2.10. The van der Waals surface area contributed by atoms with Crippen LogP contribution in [0.15, 0.2) is 22.7 Å². The molecule has 0 saturated heterocycles. The highest BCUT2D eigenvalue weighted by molar-refractivity contribution is 9.10. The van der Waals surface area contributed by atoms with Crippen LogP contribution in [0.3, 0.4) is 0 Å². The molecule has 72 valence electrons. The molecular formula is C10H12BrFO. The van der Waals surface area contributed by atoms with Crippen molar-refractivity contribution in [3.05, 3.63) is 34.1 Å². The van der Waals surface area contributed by atoms with E-state index in [9.17, 15) is 4.39 Å². The minimum absolute atomic E-state index is 0.228. The first-order valence-corrected chi connectivity index (χ1v) is 4.88. The summed E-state index contributed by atoms with van der Waals surface area (Å²) in [4.78, 5) is 0. The Morgan fingerprint density at radius 2 is 2.23 bits per heavy atom. The zero-order chi connectivity index (χ0) is 9.84. The van der Waals surface area contributed by atoms with E-state index in [1.54, 1.807) is 19.2 Å². The Morgan fingerprint density at radius 1 is 1.54 bits per heavy atom. The lowest BCUT2D eigenvalue weighted by atomic mass is 10.0. The lowest BCUT2D eigenvalue weighted by Crippen LogP contribution is -2.01. The molecule has 0 radical (unpaired) electrons. The van der Waals surface area contributed by atoms with Gasteiger partial charge in [0, 0.05) is 13.0 Å². The van der Waals surface area contributed by atoms with E-state index >= 15 is 0 Å². The van der Waals surface area contributed by atoms with Gasteiger partial charge < -0.3 is 4.74 Å². The van der Waals surface area contributed by atoms with Crippen LogP contribution in [0.5, 0.6) is 0 Å². The monoisotopic (exact) mass is 246 g/mol. The van der Waals surface area contributed by atoms with Gasteiger partial charge in [-0.1, -0.05) is 13.0 Å². The lowest BCUT2D eigenvalue weighted by molar-refractivity contribution is 0.184. The summed E-state index contributed by atoms with van der Waals surface area (Å²) in [6, 6.07) is 5.04. The van der Waals surface area contributed by atoms with Crippen molar-refractivity contribution in [2.75, 3.05) is 13.7 Å². The molecule has 0 fully saturated rings. The minimum atomic E-state index is -0.228. The molecule has 1 rings (SSSR count). The fourth-order valence-corrected chi connectivity index (χ4v) is 1.56. The van der Waals surface area contributed by atoms with Crippen molar-refractivity contribution >= 4 is 15.9 Å². The van der Waals surface area contributed by atoms with E-state index in [0.29, 0.717) is 17.0 Å². The largest absolute Gasteiger partial charge is 0.384 e. The Bertz CT molecular complexity index is 288. The fourth-order valence-electron chi connectivity index (χ4n) is 1.17. The van der Waals surface area contributed by atoms with Gasteiger partial charge in [0.25, 0.3) is 0 Å². The van der Waals surface area contributed by atoms with Crippen LogP contribution in [0.4, 0.5) is 4.39 Å². The molecule has 0 saturated carbocycles. The summed E-state index contributed by atoms with van der Waals surface area (Å²) < 4.78 is 18.4. The number of methoxy groups -OCH3 is 1. The topological polar surface area (TPSA) is 9.23 Å². The molecule has 0 aliphatic carbocycles. The summed E-state index contributed by atoms with van der Waals surface area (Å²) in [5.41, 5.74) is 1.08. The van der Waals surface area contributed by atoms with Crippen molar-refractivity contribution in [1.29, 1.82) is 0 Å². The molecule has 0 heterocycles. The lowest BCUT2D eigenvalue weighted by Gasteiger charge is -2.10. The van der Waals surface area contributed by atoms with Gasteiger partial charge >= 0.3 is 0 Å². The standard InChI is InChI=1S/C10H12BrFO/c1-7(6-13-2)8-3-4-10(12)9(11)5-8/h3-5,7H,6H2,1-2H3. The number of hydrogen-bond acceptors (Lipinski definition) is 1. The summed E-state index contributed by atoms with van der Waals surface area (Å²) in [6.07, 6.45) is 0. The van der Waals surface area contributed by atoms with Crippen LogP contribution >= 0.6 is 15.9 Å². The van der Waals surface area contributed by atoms with Gasteiger partial charge in [-0.25, -0.2) is 4.39 Å². The predicted molar refractivity (Wildman–Crippen MR) is 54.4 cm³/mol. The Hall–Kier alpha value is -0.410. The minimum Gasteiger partial charge on any atom is -0.384 e. The molecule has 1 nitrogen and oxygen atoms in total. The Kier molecular flexibility index (Phi) is 3.88. The number of hydrogen-bond donors (Lipinski definition) is 0. The van der Waals surface area contributed by atoms with Crippen LogP contribution < -0.4 is 0 Å². The first-order valence-electron chi connectivity index (χ1n) is 4.09. The van der Waals surface area contributed by atoms with Crippen molar-refractivity contribution in [3.63, 3.8) is 0 Å². The summed E-state index contributed by atoms with van der Waals surface area (Å²) in [7, 11) is 1.66. The molecule has 0 amide bonds. The van der Waals surface area contributed by atoms with E-state index in [2.05, 4.69) is 15.9 Å².